The summed E-state index contributed by atoms with van der Waals surface area (Å²) < 4.78 is 5.91. The van der Waals surface area contributed by atoms with Crippen molar-refractivity contribution < 1.29 is 9.53 Å². The Labute approximate surface area is 149 Å². The van der Waals surface area contributed by atoms with Gasteiger partial charge in [0.1, 0.15) is 5.54 Å². The lowest BCUT2D eigenvalue weighted by Crippen LogP contribution is -2.45. The standard InChI is InChI=1S/C21H26N2O2/c1-21(22,17-7-3-2-4-8-17)20(24)23-18-13-11-16(12-14-18)15-25-19-9-5-6-10-19/h2-4,7-8,11-14,19H,5-6,9-10,15,22H2,1H3,(H,23,24). The summed E-state index contributed by atoms with van der Waals surface area (Å²) in [5.41, 5.74) is 7.81. The van der Waals surface area contributed by atoms with Crippen molar-refractivity contribution in [2.24, 2.45) is 5.73 Å². The molecule has 2 aromatic carbocycles. The summed E-state index contributed by atoms with van der Waals surface area (Å²) in [7, 11) is 0. The second kappa shape index (κ2) is 7.81. The number of benzene rings is 2. The highest BCUT2D eigenvalue weighted by atomic mass is 16.5. The molecule has 3 N–H and O–H groups in total. The van der Waals surface area contributed by atoms with E-state index in [1.165, 1.54) is 25.7 Å². The predicted molar refractivity (Wildman–Crippen MR) is 100 cm³/mol. The molecule has 0 radical (unpaired) electrons. The van der Waals surface area contributed by atoms with Crippen LogP contribution in [0.5, 0.6) is 0 Å². The zero-order valence-corrected chi connectivity index (χ0v) is 14.7. The summed E-state index contributed by atoms with van der Waals surface area (Å²) in [6, 6.07) is 17.2. The molecule has 4 nitrogen and oxygen atoms in total. The third-order valence-corrected chi connectivity index (χ3v) is 4.84. The molecule has 0 aromatic heterocycles. The third kappa shape index (κ3) is 4.47. The fraction of sp³-hybridized carbons (Fsp3) is 0.381. The Morgan fingerprint density at radius 1 is 1.12 bits per heavy atom. The number of nitrogens with one attached hydrogen (secondary N) is 1. The van der Waals surface area contributed by atoms with Gasteiger partial charge in [-0.3, -0.25) is 4.79 Å². The maximum atomic E-state index is 12.6. The van der Waals surface area contributed by atoms with Crippen LogP contribution < -0.4 is 11.1 Å². The number of hydrogen-bond donors (Lipinski definition) is 2. The molecule has 25 heavy (non-hydrogen) atoms. The van der Waals surface area contributed by atoms with Gasteiger partial charge in [-0.05, 0) is 43.0 Å². The number of carbonyl (C=O) groups excluding carboxylic acids is 1. The van der Waals surface area contributed by atoms with Crippen LogP contribution in [0.15, 0.2) is 54.6 Å². The molecular formula is C21H26N2O2. The Hall–Kier alpha value is -2.17. The molecule has 132 valence electrons. The van der Waals surface area contributed by atoms with Crippen LogP contribution in [0.1, 0.15) is 43.7 Å². The van der Waals surface area contributed by atoms with E-state index in [0.29, 0.717) is 12.7 Å². The quantitative estimate of drug-likeness (QED) is 0.838. The average molecular weight is 338 g/mol. The molecular weight excluding hydrogens is 312 g/mol. The van der Waals surface area contributed by atoms with Crippen molar-refractivity contribution in [3.63, 3.8) is 0 Å². The zero-order chi connectivity index (χ0) is 17.7. The minimum atomic E-state index is -1.08. The highest BCUT2D eigenvalue weighted by Crippen LogP contribution is 2.23. The van der Waals surface area contributed by atoms with E-state index in [1.807, 2.05) is 54.6 Å². The van der Waals surface area contributed by atoms with E-state index >= 15 is 0 Å². The van der Waals surface area contributed by atoms with Crippen LogP contribution in [0.2, 0.25) is 0 Å². The molecule has 0 heterocycles. The van der Waals surface area contributed by atoms with Gasteiger partial charge in [0, 0.05) is 5.69 Å². The van der Waals surface area contributed by atoms with Crippen LogP contribution in [0.25, 0.3) is 0 Å². The first-order valence-corrected chi connectivity index (χ1v) is 8.92. The van der Waals surface area contributed by atoms with Crippen LogP contribution in [0, 0.1) is 0 Å². The lowest BCUT2D eigenvalue weighted by atomic mass is 9.92. The summed E-state index contributed by atoms with van der Waals surface area (Å²) in [6.45, 7) is 2.35. The summed E-state index contributed by atoms with van der Waals surface area (Å²) in [6.07, 6.45) is 5.29. The zero-order valence-electron chi connectivity index (χ0n) is 14.7. The van der Waals surface area contributed by atoms with Crippen molar-refractivity contribution in [1.29, 1.82) is 0 Å². The summed E-state index contributed by atoms with van der Waals surface area (Å²) in [5.74, 6) is -0.228. The van der Waals surface area contributed by atoms with Crippen LogP contribution in [-0.2, 0) is 21.7 Å². The van der Waals surface area contributed by atoms with Crippen LogP contribution >= 0.6 is 0 Å². The van der Waals surface area contributed by atoms with Crippen LogP contribution in [-0.4, -0.2) is 12.0 Å². The smallest absolute Gasteiger partial charge is 0.248 e. The first-order chi connectivity index (χ1) is 12.1. The summed E-state index contributed by atoms with van der Waals surface area (Å²) >= 11 is 0. The summed E-state index contributed by atoms with van der Waals surface area (Å²) in [5, 5.41) is 2.90. The topological polar surface area (TPSA) is 64.4 Å². The van der Waals surface area contributed by atoms with Crippen molar-refractivity contribution >= 4 is 11.6 Å². The van der Waals surface area contributed by atoms with E-state index < -0.39 is 5.54 Å². The first kappa shape index (κ1) is 17.6. The van der Waals surface area contributed by atoms with E-state index in [1.54, 1.807) is 6.92 Å². The monoisotopic (exact) mass is 338 g/mol. The molecule has 1 saturated carbocycles. The normalized spacial score (nSPS) is 17.2. The van der Waals surface area contributed by atoms with E-state index in [-0.39, 0.29) is 5.91 Å². The average Bonchev–Trinajstić information content (AvgIpc) is 3.15. The maximum Gasteiger partial charge on any atom is 0.248 e. The van der Waals surface area contributed by atoms with Crippen molar-refractivity contribution in [3.8, 4) is 0 Å². The second-order valence-corrected chi connectivity index (χ2v) is 6.94. The van der Waals surface area contributed by atoms with Gasteiger partial charge in [-0.25, -0.2) is 0 Å². The highest BCUT2D eigenvalue weighted by Gasteiger charge is 2.30. The van der Waals surface area contributed by atoms with E-state index in [9.17, 15) is 4.79 Å². The van der Waals surface area contributed by atoms with Gasteiger partial charge in [0.15, 0.2) is 0 Å². The minimum Gasteiger partial charge on any atom is -0.374 e. The van der Waals surface area contributed by atoms with E-state index in [4.69, 9.17) is 10.5 Å². The number of nitrogens with two attached hydrogens (primary N) is 1. The molecule has 0 saturated heterocycles. The molecule has 0 bridgehead atoms. The third-order valence-electron chi connectivity index (χ3n) is 4.84. The SMILES string of the molecule is CC(N)(C(=O)Nc1ccc(COC2CCCC2)cc1)c1ccccc1. The Balaban J connectivity index is 1.58. The molecule has 1 fully saturated rings. The first-order valence-electron chi connectivity index (χ1n) is 8.92. The van der Waals surface area contributed by atoms with Crippen molar-refractivity contribution in [3.05, 3.63) is 65.7 Å². The van der Waals surface area contributed by atoms with Crippen molar-refractivity contribution in [2.75, 3.05) is 5.32 Å². The Morgan fingerprint density at radius 2 is 1.76 bits per heavy atom. The number of rotatable bonds is 6. The molecule has 1 aliphatic carbocycles. The summed E-state index contributed by atoms with van der Waals surface area (Å²) in [4.78, 5) is 12.6. The molecule has 0 spiro atoms. The Kier molecular flexibility index (Phi) is 5.51. The number of carbonyl (C=O) groups is 1. The predicted octanol–water partition coefficient (Wildman–Crippen LogP) is 3.96. The number of hydrogen-bond acceptors (Lipinski definition) is 3. The van der Waals surface area contributed by atoms with E-state index in [2.05, 4.69) is 5.32 Å². The molecule has 3 rings (SSSR count). The fourth-order valence-corrected chi connectivity index (χ4v) is 3.13. The minimum absolute atomic E-state index is 0.228. The van der Waals surface area contributed by atoms with Gasteiger partial charge in [0.2, 0.25) is 5.91 Å². The van der Waals surface area contributed by atoms with Gasteiger partial charge in [0.25, 0.3) is 0 Å². The van der Waals surface area contributed by atoms with Gasteiger partial charge in [0.05, 0.1) is 12.7 Å². The lowest BCUT2D eigenvalue weighted by Gasteiger charge is -2.24. The molecule has 1 amide bonds. The van der Waals surface area contributed by atoms with E-state index in [0.717, 1.165) is 16.8 Å². The maximum absolute atomic E-state index is 12.6. The van der Waals surface area contributed by atoms with Crippen LogP contribution in [0.4, 0.5) is 5.69 Å². The van der Waals surface area contributed by atoms with Gasteiger partial charge < -0.3 is 15.8 Å². The van der Waals surface area contributed by atoms with Gasteiger partial charge in [-0.2, -0.15) is 0 Å². The van der Waals surface area contributed by atoms with Crippen molar-refractivity contribution in [2.45, 2.75) is 50.9 Å². The largest absolute Gasteiger partial charge is 0.374 e. The Morgan fingerprint density at radius 3 is 2.40 bits per heavy atom. The molecule has 1 aliphatic rings. The number of anilines is 1. The van der Waals surface area contributed by atoms with Gasteiger partial charge in [-0.1, -0.05) is 55.3 Å². The second-order valence-electron chi connectivity index (χ2n) is 6.94. The highest BCUT2D eigenvalue weighted by molar-refractivity contribution is 5.98. The van der Waals surface area contributed by atoms with Gasteiger partial charge in [-0.15, -0.1) is 0 Å². The number of ether oxygens (including phenoxy) is 1. The lowest BCUT2D eigenvalue weighted by molar-refractivity contribution is -0.120. The molecule has 4 heteroatoms. The van der Waals surface area contributed by atoms with Crippen LogP contribution in [0.3, 0.4) is 0 Å². The molecule has 2 aromatic rings. The Bertz CT molecular complexity index is 690. The van der Waals surface area contributed by atoms with Gasteiger partial charge >= 0.3 is 0 Å². The fourth-order valence-electron chi connectivity index (χ4n) is 3.13. The van der Waals surface area contributed by atoms with Crippen molar-refractivity contribution in [1.82, 2.24) is 0 Å². The number of amides is 1. The molecule has 0 aliphatic heterocycles. The molecule has 1 unspecified atom stereocenters. The molecule has 1 atom stereocenters.